The fraction of sp³-hybridized carbons (Fsp3) is 0.321. The van der Waals surface area contributed by atoms with Crippen LogP contribution in [0.4, 0.5) is 5.69 Å². The second-order valence-corrected chi connectivity index (χ2v) is 10.5. The maximum Gasteiger partial charge on any atom is 0.244 e. The minimum atomic E-state index is -0.412. The molecule has 7 nitrogen and oxygen atoms in total. The quantitative estimate of drug-likeness (QED) is 0.308. The summed E-state index contributed by atoms with van der Waals surface area (Å²) in [5.41, 5.74) is 1.72. The van der Waals surface area contributed by atoms with E-state index < -0.39 is 5.25 Å². The molecule has 1 amide bonds. The number of likely N-dealkylation sites (N-methyl/N-ethyl adjacent to an activating group) is 2. The number of carbonyl (C=O) groups excluding carboxylic acids is 1. The second kappa shape index (κ2) is 11.5. The maximum atomic E-state index is 13.2. The zero-order chi connectivity index (χ0) is 25.8. The third kappa shape index (κ3) is 5.92. The lowest BCUT2D eigenvalue weighted by atomic mass is 10.1. The lowest BCUT2D eigenvalue weighted by Crippen LogP contribution is -2.33. The SMILES string of the molecule is CN(CCCOc1ccc(Cl)cc1C1Sc2ccccc2N(C)C1=O)CCOc1ccc2c(c1)OCO2. The van der Waals surface area contributed by atoms with Crippen molar-refractivity contribution in [3.63, 3.8) is 0 Å². The van der Waals surface area contributed by atoms with Crippen LogP contribution in [0.5, 0.6) is 23.0 Å². The van der Waals surface area contributed by atoms with E-state index in [0.29, 0.717) is 29.7 Å². The lowest BCUT2D eigenvalue weighted by molar-refractivity contribution is -0.118. The van der Waals surface area contributed by atoms with Gasteiger partial charge in [0.1, 0.15) is 23.4 Å². The van der Waals surface area contributed by atoms with Crippen LogP contribution in [0, 0.1) is 0 Å². The highest BCUT2D eigenvalue weighted by atomic mass is 35.5. The number of benzene rings is 3. The van der Waals surface area contributed by atoms with Gasteiger partial charge in [0, 0.05) is 41.7 Å². The number of amides is 1. The van der Waals surface area contributed by atoms with Gasteiger partial charge in [-0.1, -0.05) is 23.7 Å². The maximum absolute atomic E-state index is 13.2. The topological polar surface area (TPSA) is 60.5 Å². The fourth-order valence-corrected chi connectivity index (χ4v) is 5.76. The summed E-state index contributed by atoms with van der Waals surface area (Å²) < 4.78 is 22.7. The van der Waals surface area contributed by atoms with Gasteiger partial charge in [-0.25, -0.2) is 0 Å². The van der Waals surface area contributed by atoms with E-state index in [2.05, 4.69) is 11.9 Å². The molecule has 2 heterocycles. The predicted octanol–water partition coefficient (Wildman–Crippen LogP) is 5.66. The van der Waals surface area contributed by atoms with Crippen molar-refractivity contribution in [2.45, 2.75) is 16.6 Å². The molecule has 0 bridgehead atoms. The number of para-hydroxylation sites is 1. The van der Waals surface area contributed by atoms with E-state index in [1.807, 2.05) is 61.6 Å². The standard InChI is InChI=1S/C28H29ClN2O5S/c1-30(13-15-33-20-9-11-24-25(17-20)36-18-35-24)12-5-14-34-23-10-8-19(29)16-21(23)27-28(32)31(2)22-6-3-4-7-26(22)37-27/h3-4,6-11,16-17,27H,5,12-15,18H2,1-2H3. The van der Waals surface area contributed by atoms with Crippen molar-refractivity contribution >= 4 is 35.0 Å². The molecule has 0 aromatic heterocycles. The van der Waals surface area contributed by atoms with Crippen molar-refractivity contribution < 1.29 is 23.7 Å². The third-order valence-corrected chi connectivity index (χ3v) is 7.83. The molecule has 0 saturated heterocycles. The summed E-state index contributed by atoms with van der Waals surface area (Å²) in [6.07, 6.45) is 0.830. The Labute approximate surface area is 226 Å². The molecule has 0 saturated carbocycles. The van der Waals surface area contributed by atoms with Crippen LogP contribution < -0.4 is 23.8 Å². The van der Waals surface area contributed by atoms with Crippen molar-refractivity contribution in [1.82, 2.24) is 4.90 Å². The van der Waals surface area contributed by atoms with E-state index in [1.165, 1.54) is 11.8 Å². The molecule has 2 aliphatic rings. The van der Waals surface area contributed by atoms with Crippen LogP contribution in [0.25, 0.3) is 0 Å². The largest absolute Gasteiger partial charge is 0.493 e. The first-order chi connectivity index (χ1) is 18.0. The fourth-order valence-electron chi connectivity index (χ4n) is 4.27. The molecule has 0 fully saturated rings. The molecule has 0 N–H and O–H groups in total. The summed E-state index contributed by atoms with van der Waals surface area (Å²) in [5.74, 6) is 2.93. The van der Waals surface area contributed by atoms with Crippen LogP contribution in [0.2, 0.25) is 5.02 Å². The van der Waals surface area contributed by atoms with Crippen molar-refractivity contribution in [2.24, 2.45) is 0 Å². The number of ether oxygens (including phenoxy) is 4. The van der Waals surface area contributed by atoms with Gasteiger partial charge >= 0.3 is 0 Å². The number of hydrogen-bond donors (Lipinski definition) is 0. The van der Waals surface area contributed by atoms with Crippen LogP contribution in [0.15, 0.2) is 65.6 Å². The van der Waals surface area contributed by atoms with Crippen molar-refractivity contribution in [3.8, 4) is 23.0 Å². The number of anilines is 1. The van der Waals surface area contributed by atoms with Crippen LogP contribution >= 0.6 is 23.4 Å². The average Bonchev–Trinajstić information content (AvgIpc) is 3.37. The van der Waals surface area contributed by atoms with E-state index in [4.69, 9.17) is 30.5 Å². The Morgan fingerprint density at radius 3 is 2.76 bits per heavy atom. The number of thioether (sulfide) groups is 1. The Morgan fingerprint density at radius 1 is 1.03 bits per heavy atom. The molecule has 1 atom stereocenters. The van der Waals surface area contributed by atoms with E-state index in [-0.39, 0.29) is 12.7 Å². The molecule has 0 radical (unpaired) electrons. The Kier molecular flexibility index (Phi) is 7.98. The summed E-state index contributed by atoms with van der Waals surface area (Å²) in [4.78, 5) is 18.2. The summed E-state index contributed by atoms with van der Waals surface area (Å²) in [7, 11) is 3.87. The number of halogens is 1. The van der Waals surface area contributed by atoms with Crippen LogP contribution in [0.1, 0.15) is 17.2 Å². The van der Waals surface area contributed by atoms with Gasteiger partial charge in [0.05, 0.1) is 12.3 Å². The molecule has 37 heavy (non-hydrogen) atoms. The normalized spacial score (nSPS) is 16.2. The smallest absolute Gasteiger partial charge is 0.244 e. The molecular formula is C28H29ClN2O5S. The molecule has 0 spiro atoms. The molecule has 5 rings (SSSR count). The summed E-state index contributed by atoms with van der Waals surface area (Å²) in [6, 6.07) is 19.0. The van der Waals surface area contributed by atoms with E-state index in [9.17, 15) is 4.79 Å². The van der Waals surface area contributed by atoms with Gasteiger partial charge < -0.3 is 28.7 Å². The number of nitrogens with zero attached hydrogens (tertiary/aromatic N) is 2. The van der Waals surface area contributed by atoms with Gasteiger partial charge in [-0.3, -0.25) is 4.79 Å². The van der Waals surface area contributed by atoms with E-state index >= 15 is 0 Å². The Balaban J connectivity index is 1.12. The first-order valence-electron chi connectivity index (χ1n) is 12.2. The van der Waals surface area contributed by atoms with Crippen LogP contribution in [0.3, 0.4) is 0 Å². The number of rotatable bonds is 10. The van der Waals surface area contributed by atoms with Crippen LogP contribution in [-0.2, 0) is 4.79 Å². The van der Waals surface area contributed by atoms with Crippen molar-refractivity contribution in [3.05, 3.63) is 71.2 Å². The zero-order valence-electron chi connectivity index (χ0n) is 20.8. The highest BCUT2D eigenvalue weighted by molar-refractivity contribution is 8.00. The second-order valence-electron chi connectivity index (χ2n) is 8.91. The van der Waals surface area contributed by atoms with E-state index in [1.54, 1.807) is 11.0 Å². The molecule has 2 aliphatic heterocycles. The van der Waals surface area contributed by atoms with Gasteiger partial charge in [-0.05, 0) is 55.9 Å². The summed E-state index contributed by atoms with van der Waals surface area (Å²) in [5, 5.41) is 0.170. The minimum absolute atomic E-state index is 0.0120. The van der Waals surface area contributed by atoms with Crippen molar-refractivity contribution in [1.29, 1.82) is 0 Å². The van der Waals surface area contributed by atoms with Crippen molar-refractivity contribution in [2.75, 3.05) is 52.1 Å². The van der Waals surface area contributed by atoms with Gasteiger partial charge in [0.2, 0.25) is 12.7 Å². The first kappa shape index (κ1) is 25.6. The molecule has 194 valence electrons. The van der Waals surface area contributed by atoms with E-state index in [0.717, 1.165) is 47.2 Å². The number of carbonyl (C=O) groups is 1. The molecule has 9 heteroatoms. The number of fused-ring (bicyclic) bond motifs is 2. The molecule has 3 aromatic rings. The first-order valence-corrected chi connectivity index (χ1v) is 13.4. The predicted molar refractivity (Wildman–Crippen MR) is 146 cm³/mol. The molecule has 1 unspecified atom stereocenters. The molecular weight excluding hydrogens is 512 g/mol. The van der Waals surface area contributed by atoms with Gasteiger partial charge in [0.15, 0.2) is 11.5 Å². The Morgan fingerprint density at radius 2 is 1.86 bits per heavy atom. The molecule has 3 aromatic carbocycles. The summed E-state index contributed by atoms with van der Waals surface area (Å²) in [6.45, 7) is 2.97. The van der Waals surface area contributed by atoms with Gasteiger partial charge in [0.25, 0.3) is 0 Å². The third-order valence-electron chi connectivity index (χ3n) is 6.31. The Bertz CT molecular complexity index is 1270. The zero-order valence-corrected chi connectivity index (χ0v) is 22.4. The number of hydrogen-bond acceptors (Lipinski definition) is 7. The minimum Gasteiger partial charge on any atom is -0.493 e. The lowest BCUT2D eigenvalue weighted by Gasteiger charge is -2.31. The monoisotopic (exact) mass is 540 g/mol. The highest BCUT2D eigenvalue weighted by Crippen LogP contribution is 2.48. The van der Waals surface area contributed by atoms with Crippen LogP contribution in [-0.4, -0.2) is 58.0 Å². The molecule has 0 aliphatic carbocycles. The highest BCUT2D eigenvalue weighted by Gasteiger charge is 2.34. The van der Waals surface area contributed by atoms with Gasteiger partial charge in [-0.15, -0.1) is 11.8 Å². The Hall–Kier alpha value is -3.07. The average molecular weight is 541 g/mol. The van der Waals surface area contributed by atoms with Gasteiger partial charge in [-0.2, -0.15) is 0 Å². The summed E-state index contributed by atoms with van der Waals surface area (Å²) >= 11 is 7.86.